The monoisotopic (exact) mass is 251 g/mol. The number of aliphatic imine (C=N–C) groups is 1. The van der Waals surface area contributed by atoms with Gasteiger partial charge in [-0.15, -0.1) is 0 Å². The van der Waals surface area contributed by atoms with Gasteiger partial charge in [0.15, 0.2) is 0 Å². The highest BCUT2D eigenvalue weighted by molar-refractivity contribution is 5.87. The van der Waals surface area contributed by atoms with Crippen LogP contribution in [0.4, 0.5) is 10.4 Å². The van der Waals surface area contributed by atoms with Gasteiger partial charge in [-0.25, -0.2) is 0 Å². The molecule has 3 aromatic rings. The first-order valence-corrected chi connectivity index (χ1v) is 6.00. The Morgan fingerprint density at radius 3 is 2.16 bits per heavy atom. The molecule has 0 spiro atoms. The minimum Gasteiger partial charge on any atom is -0.269 e. The second kappa shape index (κ2) is 5.91. The summed E-state index contributed by atoms with van der Waals surface area (Å²) in [4.78, 5) is 4.50. The summed E-state index contributed by atoms with van der Waals surface area (Å²) in [5.74, 6) is 0. The lowest BCUT2D eigenvalue weighted by atomic mass is 10.1. The molecule has 0 N–H and O–H groups in total. The van der Waals surface area contributed by atoms with Crippen LogP contribution >= 0.6 is 0 Å². The van der Waals surface area contributed by atoms with Gasteiger partial charge in [0, 0.05) is 6.21 Å². The molecule has 0 bridgehead atoms. The Labute approximate surface area is 111 Å². The predicted octanol–water partition coefficient (Wildman–Crippen LogP) is 4.74. The van der Waals surface area contributed by atoms with E-state index in [0.29, 0.717) is 0 Å². The minimum atomic E-state index is 0. The smallest absolute Gasteiger partial charge is 0.0636 e. The Kier molecular flexibility index (Phi) is 4.04. The van der Waals surface area contributed by atoms with Gasteiger partial charge in [-0.3, -0.25) is 9.70 Å². The Morgan fingerprint density at radius 1 is 0.684 bits per heavy atom. The van der Waals surface area contributed by atoms with Gasteiger partial charge < -0.3 is 0 Å². The van der Waals surface area contributed by atoms with Crippen molar-refractivity contribution in [3.8, 4) is 0 Å². The lowest BCUT2D eigenvalue weighted by molar-refractivity contribution is 1.11. The average Bonchev–Trinajstić information content (AvgIpc) is 2.46. The maximum atomic E-state index is 4.50. The van der Waals surface area contributed by atoms with E-state index in [0.717, 1.165) is 11.3 Å². The van der Waals surface area contributed by atoms with Crippen LogP contribution in [0.2, 0.25) is 0 Å². The Bertz CT molecular complexity index is 690. The van der Waals surface area contributed by atoms with Crippen LogP contribution in [-0.4, -0.2) is 6.21 Å². The van der Waals surface area contributed by atoms with Gasteiger partial charge in [0.05, 0.1) is 5.69 Å². The number of benzene rings is 3. The zero-order valence-electron chi connectivity index (χ0n) is 10.4. The zero-order valence-corrected chi connectivity index (χ0v) is 10.4. The van der Waals surface area contributed by atoms with Crippen LogP contribution in [0, 0.1) is 0 Å². The van der Waals surface area contributed by atoms with Crippen molar-refractivity contribution in [1.29, 1.82) is 0 Å². The summed E-state index contributed by atoms with van der Waals surface area (Å²) in [7, 11) is 0. The van der Waals surface area contributed by atoms with E-state index >= 15 is 0 Å². The summed E-state index contributed by atoms with van der Waals surface area (Å²) in [6, 6.07) is 24.7. The van der Waals surface area contributed by atoms with E-state index < -0.39 is 0 Å². The summed E-state index contributed by atoms with van der Waals surface area (Å²) < 4.78 is 0. The molecular formula is C17H14FN. The van der Waals surface area contributed by atoms with Crippen molar-refractivity contribution in [1.82, 2.24) is 0 Å². The van der Waals surface area contributed by atoms with E-state index in [1.165, 1.54) is 10.8 Å². The highest BCUT2D eigenvalue weighted by atomic mass is 19.0. The number of hydrogen-bond donors (Lipinski definition) is 0. The van der Waals surface area contributed by atoms with E-state index in [2.05, 4.69) is 35.3 Å². The molecule has 19 heavy (non-hydrogen) atoms. The van der Waals surface area contributed by atoms with E-state index in [9.17, 15) is 0 Å². The topological polar surface area (TPSA) is 12.4 Å². The Hall–Kier alpha value is -2.48. The minimum absolute atomic E-state index is 0. The molecule has 0 aliphatic rings. The fraction of sp³-hybridized carbons (Fsp3) is 0. The van der Waals surface area contributed by atoms with Gasteiger partial charge in [0.25, 0.3) is 0 Å². The van der Waals surface area contributed by atoms with Crippen molar-refractivity contribution in [3.05, 3.63) is 78.4 Å². The van der Waals surface area contributed by atoms with Crippen LogP contribution in [-0.2, 0) is 0 Å². The molecule has 2 heteroatoms. The van der Waals surface area contributed by atoms with Gasteiger partial charge in [0.2, 0.25) is 0 Å². The molecule has 0 heterocycles. The van der Waals surface area contributed by atoms with Crippen LogP contribution < -0.4 is 0 Å². The summed E-state index contributed by atoms with van der Waals surface area (Å²) >= 11 is 0. The largest absolute Gasteiger partial charge is 0.269 e. The maximum absolute atomic E-state index is 4.50. The Morgan fingerprint density at radius 2 is 1.37 bits per heavy atom. The Balaban J connectivity index is 0.00000133. The molecule has 94 valence electrons. The van der Waals surface area contributed by atoms with E-state index in [1.807, 2.05) is 48.7 Å². The predicted molar refractivity (Wildman–Crippen MR) is 80.1 cm³/mol. The summed E-state index contributed by atoms with van der Waals surface area (Å²) in [6.45, 7) is 0. The zero-order chi connectivity index (χ0) is 12.2. The first-order valence-electron chi connectivity index (χ1n) is 6.00. The normalized spacial score (nSPS) is 10.5. The molecule has 0 saturated carbocycles. The van der Waals surface area contributed by atoms with Crippen molar-refractivity contribution in [3.63, 3.8) is 0 Å². The fourth-order valence-corrected chi connectivity index (χ4v) is 1.95. The number of rotatable bonds is 2. The average molecular weight is 251 g/mol. The molecule has 0 fully saturated rings. The first-order chi connectivity index (χ1) is 8.92. The molecule has 0 aliphatic carbocycles. The second-order valence-electron chi connectivity index (χ2n) is 4.20. The summed E-state index contributed by atoms with van der Waals surface area (Å²) in [5.41, 5.74) is 2.10. The lowest BCUT2D eigenvalue weighted by Gasteiger charge is -1.98. The van der Waals surface area contributed by atoms with Crippen molar-refractivity contribution < 1.29 is 4.70 Å². The van der Waals surface area contributed by atoms with Crippen LogP contribution in [0.5, 0.6) is 0 Å². The van der Waals surface area contributed by atoms with Gasteiger partial charge in [-0.1, -0.05) is 60.7 Å². The molecule has 0 saturated heterocycles. The van der Waals surface area contributed by atoms with Crippen molar-refractivity contribution in [2.45, 2.75) is 0 Å². The van der Waals surface area contributed by atoms with Crippen molar-refractivity contribution in [2.75, 3.05) is 0 Å². The molecular weight excluding hydrogens is 237 g/mol. The van der Waals surface area contributed by atoms with Crippen molar-refractivity contribution in [2.24, 2.45) is 4.99 Å². The summed E-state index contributed by atoms with van der Waals surface area (Å²) in [6.07, 6.45) is 1.89. The highest BCUT2D eigenvalue weighted by Gasteiger charge is 1.93. The molecule has 0 unspecified atom stereocenters. The molecule has 0 amide bonds. The maximum Gasteiger partial charge on any atom is 0.0636 e. The first kappa shape index (κ1) is 13.0. The summed E-state index contributed by atoms with van der Waals surface area (Å²) in [5, 5.41) is 2.47. The number of hydrogen-bond acceptors (Lipinski definition) is 1. The van der Waals surface area contributed by atoms with Gasteiger partial charge in [-0.2, -0.15) is 0 Å². The molecule has 3 rings (SSSR count). The molecule has 0 atom stereocenters. The molecule has 1 nitrogen and oxygen atoms in total. The second-order valence-corrected chi connectivity index (χ2v) is 4.20. The number of fused-ring (bicyclic) bond motifs is 1. The fourth-order valence-electron chi connectivity index (χ4n) is 1.95. The SMILES string of the molecule is C(=Nc1ccc2ccccc2c1)c1ccccc1.F. The molecule has 0 radical (unpaired) electrons. The highest BCUT2D eigenvalue weighted by Crippen LogP contribution is 2.20. The molecule has 0 aliphatic heterocycles. The third-order valence-electron chi connectivity index (χ3n) is 2.90. The third kappa shape index (κ3) is 3.05. The van der Waals surface area contributed by atoms with E-state index in [4.69, 9.17) is 0 Å². The number of halogens is 1. The van der Waals surface area contributed by atoms with E-state index in [1.54, 1.807) is 0 Å². The standard InChI is InChI=1S/C17H13N.FH/c1-2-6-14(7-3-1)13-18-17-11-10-15-8-4-5-9-16(15)12-17;/h1-13H;1H. The quantitative estimate of drug-likeness (QED) is 0.583. The van der Waals surface area contributed by atoms with Crippen LogP contribution in [0.25, 0.3) is 10.8 Å². The lowest BCUT2D eigenvalue weighted by Crippen LogP contribution is -1.78. The van der Waals surface area contributed by atoms with Gasteiger partial charge >= 0.3 is 0 Å². The van der Waals surface area contributed by atoms with Crippen molar-refractivity contribution >= 4 is 22.7 Å². The number of nitrogens with zero attached hydrogens (tertiary/aromatic N) is 1. The van der Waals surface area contributed by atoms with Gasteiger partial charge in [0.1, 0.15) is 0 Å². The third-order valence-corrected chi connectivity index (χ3v) is 2.90. The molecule has 0 aromatic heterocycles. The van der Waals surface area contributed by atoms with Gasteiger partial charge in [-0.05, 0) is 28.5 Å². The molecule has 3 aromatic carbocycles. The van der Waals surface area contributed by atoms with Crippen LogP contribution in [0.1, 0.15) is 5.56 Å². The van der Waals surface area contributed by atoms with Crippen LogP contribution in [0.15, 0.2) is 77.8 Å². The van der Waals surface area contributed by atoms with E-state index in [-0.39, 0.29) is 4.70 Å². The van der Waals surface area contributed by atoms with Crippen LogP contribution in [0.3, 0.4) is 0 Å².